The Labute approximate surface area is 183 Å². The first-order valence-corrected chi connectivity index (χ1v) is 11.1. The predicted octanol–water partition coefficient (Wildman–Crippen LogP) is 2.90. The first-order chi connectivity index (χ1) is 15.2. The van der Waals surface area contributed by atoms with Crippen molar-refractivity contribution in [3.8, 4) is 0 Å². The Kier molecular flexibility index (Phi) is 6.96. The molecule has 164 valence electrons. The van der Waals surface area contributed by atoms with Crippen LogP contribution in [-0.2, 0) is 4.79 Å². The van der Waals surface area contributed by atoms with E-state index in [-0.39, 0.29) is 23.9 Å². The summed E-state index contributed by atoms with van der Waals surface area (Å²) in [7, 11) is 0. The van der Waals surface area contributed by atoms with Crippen LogP contribution in [0.1, 0.15) is 32.1 Å². The number of hydrogen-bond acceptors (Lipinski definition) is 5. The molecule has 0 bridgehead atoms. The SMILES string of the molecule is O=C(NCC1CCCCN1C(=O)C1CCN(c2ncccn2)CC1)Nc1ccccc1. The number of nitrogens with zero attached hydrogens (tertiary/aromatic N) is 4. The van der Waals surface area contributed by atoms with Crippen LogP contribution < -0.4 is 15.5 Å². The van der Waals surface area contributed by atoms with E-state index in [4.69, 9.17) is 0 Å². The maximum absolute atomic E-state index is 13.3. The Balaban J connectivity index is 1.29. The lowest BCUT2D eigenvalue weighted by Crippen LogP contribution is -2.53. The molecule has 2 N–H and O–H groups in total. The van der Waals surface area contributed by atoms with Gasteiger partial charge in [-0.15, -0.1) is 0 Å². The summed E-state index contributed by atoms with van der Waals surface area (Å²) < 4.78 is 0. The second-order valence-electron chi connectivity index (χ2n) is 8.19. The topological polar surface area (TPSA) is 90.5 Å². The van der Waals surface area contributed by atoms with E-state index in [1.165, 1.54) is 0 Å². The van der Waals surface area contributed by atoms with Crippen LogP contribution in [-0.4, -0.2) is 59.0 Å². The van der Waals surface area contributed by atoms with E-state index in [1.807, 2.05) is 41.3 Å². The van der Waals surface area contributed by atoms with Gasteiger partial charge in [0, 0.05) is 56.2 Å². The highest BCUT2D eigenvalue weighted by Crippen LogP contribution is 2.26. The van der Waals surface area contributed by atoms with Crippen molar-refractivity contribution in [1.82, 2.24) is 20.2 Å². The summed E-state index contributed by atoms with van der Waals surface area (Å²) >= 11 is 0. The minimum atomic E-state index is -0.236. The fraction of sp³-hybridized carbons (Fsp3) is 0.478. The van der Waals surface area contributed by atoms with Crippen LogP contribution in [0.4, 0.5) is 16.4 Å². The minimum absolute atomic E-state index is 0.0266. The van der Waals surface area contributed by atoms with Gasteiger partial charge in [0.15, 0.2) is 0 Å². The third-order valence-corrected chi connectivity index (χ3v) is 6.12. The summed E-state index contributed by atoms with van der Waals surface area (Å²) in [6.07, 6.45) is 8.14. The van der Waals surface area contributed by atoms with E-state index in [2.05, 4.69) is 25.5 Å². The standard InChI is InChI=1S/C23H30N6O2/c30-21(18-10-15-28(16-11-18)22-24-12-6-13-25-22)29-14-5-4-9-20(29)17-26-23(31)27-19-7-2-1-3-8-19/h1-3,6-8,12-13,18,20H,4-5,9-11,14-17H2,(H2,26,27,31). The van der Waals surface area contributed by atoms with Gasteiger partial charge >= 0.3 is 6.03 Å². The van der Waals surface area contributed by atoms with Crippen LogP contribution >= 0.6 is 0 Å². The normalized spacial score (nSPS) is 19.7. The van der Waals surface area contributed by atoms with Gasteiger partial charge in [0.2, 0.25) is 11.9 Å². The van der Waals surface area contributed by atoms with Crippen molar-refractivity contribution in [2.45, 2.75) is 38.1 Å². The van der Waals surface area contributed by atoms with E-state index in [9.17, 15) is 9.59 Å². The van der Waals surface area contributed by atoms with E-state index in [0.717, 1.165) is 63.4 Å². The van der Waals surface area contributed by atoms with Crippen LogP contribution in [0, 0.1) is 5.92 Å². The Morgan fingerprint density at radius 2 is 1.68 bits per heavy atom. The number of carbonyl (C=O) groups is 2. The highest BCUT2D eigenvalue weighted by molar-refractivity contribution is 5.89. The molecule has 2 aliphatic rings. The zero-order chi connectivity index (χ0) is 21.5. The molecule has 1 unspecified atom stereocenters. The molecular formula is C23H30N6O2. The smallest absolute Gasteiger partial charge is 0.319 e. The number of para-hydroxylation sites is 1. The fourth-order valence-electron chi connectivity index (χ4n) is 4.43. The van der Waals surface area contributed by atoms with Crippen LogP contribution in [0.2, 0.25) is 0 Å². The van der Waals surface area contributed by atoms with Gasteiger partial charge in [-0.1, -0.05) is 18.2 Å². The zero-order valence-electron chi connectivity index (χ0n) is 17.7. The third kappa shape index (κ3) is 5.51. The maximum atomic E-state index is 13.3. The predicted molar refractivity (Wildman–Crippen MR) is 120 cm³/mol. The highest BCUT2D eigenvalue weighted by Gasteiger charge is 2.34. The number of benzene rings is 1. The van der Waals surface area contributed by atoms with Gasteiger partial charge in [-0.3, -0.25) is 4.79 Å². The van der Waals surface area contributed by atoms with Crippen molar-refractivity contribution in [3.63, 3.8) is 0 Å². The van der Waals surface area contributed by atoms with Gasteiger partial charge in [0.05, 0.1) is 0 Å². The molecule has 0 aliphatic carbocycles. The monoisotopic (exact) mass is 422 g/mol. The van der Waals surface area contributed by atoms with Gasteiger partial charge in [0.1, 0.15) is 0 Å². The summed E-state index contributed by atoms with van der Waals surface area (Å²) in [5, 5.41) is 5.79. The molecule has 8 heteroatoms. The number of carbonyl (C=O) groups excluding carboxylic acids is 2. The van der Waals surface area contributed by atoms with Gasteiger partial charge in [-0.2, -0.15) is 0 Å². The molecule has 3 amide bonds. The van der Waals surface area contributed by atoms with Gasteiger partial charge in [0.25, 0.3) is 0 Å². The van der Waals surface area contributed by atoms with E-state index in [0.29, 0.717) is 6.54 Å². The van der Waals surface area contributed by atoms with Crippen LogP contribution in [0.15, 0.2) is 48.8 Å². The third-order valence-electron chi connectivity index (χ3n) is 6.12. The zero-order valence-corrected chi connectivity index (χ0v) is 17.7. The molecule has 3 heterocycles. The molecule has 0 spiro atoms. The number of aromatic nitrogens is 2. The fourth-order valence-corrected chi connectivity index (χ4v) is 4.43. The molecular weight excluding hydrogens is 392 g/mol. The van der Waals surface area contributed by atoms with E-state index < -0.39 is 0 Å². The summed E-state index contributed by atoms with van der Waals surface area (Å²) in [6, 6.07) is 11.0. The molecule has 2 saturated heterocycles. The van der Waals surface area contributed by atoms with Crippen molar-refractivity contribution in [1.29, 1.82) is 0 Å². The Bertz CT molecular complexity index is 855. The lowest BCUT2D eigenvalue weighted by molar-refractivity contribution is -0.139. The van der Waals surface area contributed by atoms with Crippen LogP contribution in [0.3, 0.4) is 0 Å². The van der Waals surface area contributed by atoms with Crippen molar-refractivity contribution in [2.75, 3.05) is 36.4 Å². The van der Waals surface area contributed by atoms with E-state index in [1.54, 1.807) is 12.4 Å². The van der Waals surface area contributed by atoms with Crippen LogP contribution in [0.25, 0.3) is 0 Å². The minimum Gasteiger partial charge on any atom is -0.341 e. The number of urea groups is 1. The number of likely N-dealkylation sites (tertiary alicyclic amines) is 1. The van der Waals surface area contributed by atoms with Crippen LogP contribution in [0.5, 0.6) is 0 Å². The highest BCUT2D eigenvalue weighted by atomic mass is 16.2. The van der Waals surface area contributed by atoms with Crippen molar-refractivity contribution < 1.29 is 9.59 Å². The largest absolute Gasteiger partial charge is 0.341 e. The number of amides is 3. The number of rotatable bonds is 5. The Hall–Kier alpha value is -3.16. The average molecular weight is 423 g/mol. The Morgan fingerprint density at radius 1 is 0.935 bits per heavy atom. The van der Waals surface area contributed by atoms with Gasteiger partial charge < -0.3 is 20.4 Å². The molecule has 1 aromatic heterocycles. The van der Waals surface area contributed by atoms with Crippen molar-refractivity contribution in [2.24, 2.45) is 5.92 Å². The first kappa shape index (κ1) is 21.1. The Morgan fingerprint density at radius 3 is 2.42 bits per heavy atom. The molecule has 1 atom stereocenters. The van der Waals surface area contributed by atoms with Gasteiger partial charge in [-0.25, -0.2) is 14.8 Å². The summed E-state index contributed by atoms with van der Waals surface area (Å²) in [4.78, 5) is 38.3. The van der Waals surface area contributed by atoms with Crippen molar-refractivity contribution >= 4 is 23.6 Å². The van der Waals surface area contributed by atoms with Crippen molar-refractivity contribution in [3.05, 3.63) is 48.8 Å². The molecule has 4 rings (SSSR count). The first-order valence-electron chi connectivity index (χ1n) is 11.1. The quantitative estimate of drug-likeness (QED) is 0.773. The molecule has 2 fully saturated rings. The number of anilines is 2. The van der Waals surface area contributed by atoms with Gasteiger partial charge in [-0.05, 0) is 50.3 Å². The molecule has 2 aromatic rings. The molecule has 1 aromatic carbocycles. The second kappa shape index (κ2) is 10.2. The summed E-state index contributed by atoms with van der Waals surface area (Å²) in [5.41, 5.74) is 0.755. The molecule has 8 nitrogen and oxygen atoms in total. The molecule has 0 saturated carbocycles. The molecule has 0 radical (unpaired) electrons. The van der Waals surface area contributed by atoms with E-state index >= 15 is 0 Å². The summed E-state index contributed by atoms with van der Waals surface area (Å²) in [5.74, 6) is 0.986. The maximum Gasteiger partial charge on any atom is 0.319 e. The number of piperidine rings is 2. The molecule has 2 aliphatic heterocycles. The number of nitrogens with one attached hydrogen (secondary N) is 2. The average Bonchev–Trinajstić information content (AvgIpc) is 2.84. The number of hydrogen-bond donors (Lipinski definition) is 2. The lowest BCUT2D eigenvalue weighted by atomic mass is 9.92. The summed E-state index contributed by atoms with van der Waals surface area (Å²) in [6.45, 7) is 2.82. The lowest BCUT2D eigenvalue weighted by Gasteiger charge is -2.40. The second-order valence-corrected chi connectivity index (χ2v) is 8.19. The molecule has 31 heavy (non-hydrogen) atoms.